The number of para-hydroxylation sites is 1. The molecule has 0 aliphatic carbocycles. The first-order valence-corrected chi connectivity index (χ1v) is 8.78. The lowest BCUT2D eigenvalue weighted by Crippen LogP contribution is -2.26. The number of nitrogens with zero attached hydrogens (tertiary/aromatic N) is 3. The first-order chi connectivity index (χ1) is 12.5. The molecule has 26 heavy (non-hydrogen) atoms. The third-order valence-corrected chi connectivity index (χ3v) is 4.84. The Labute approximate surface area is 154 Å². The summed E-state index contributed by atoms with van der Waals surface area (Å²) in [5, 5.41) is 21.7. The van der Waals surface area contributed by atoms with Crippen LogP contribution in [-0.4, -0.2) is 27.5 Å². The van der Waals surface area contributed by atoms with Crippen LogP contribution in [0.2, 0.25) is 0 Å². The quantitative estimate of drug-likeness (QED) is 0.498. The van der Waals surface area contributed by atoms with E-state index in [1.54, 1.807) is 24.4 Å². The molecule has 1 aliphatic rings. The maximum absolute atomic E-state index is 12.1. The second-order valence-corrected chi connectivity index (χ2v) is 6.94. The highest BCUT2D eigenvalue weighted by molar-refractivity contribution is 8.15. The van der Waals surface area contributed by atoms with Crippen molar-refractivity contribution in [2.45, 2.75) is 18.6 Å². The molecule has 3 rings (SSSR count). The lowest BCUT2D eigenvalue weighted by molar-refractivity contribution is -0.385. The molecule has 132 valence electrons. The van der Waals surface area contributed by atoms with Crippen LogP contribution in [0, 0.1) is 17.0 Å². The summed E-state index contributed by atoms with van der Waals surface area (Å²) in [6.45, 7) is 1.99. The highest BCUT2D eigenvalue weighted by Crippen LogP contribution is 2.27. The number of carbonyl (C=O) groups is 1. The van der Waals surface area contributed by atoms with Crippen LogP contribution in [0.15, 0.2) is 58.7 Å². The number of hydrogen-bond donors (Lipinski definition) is 1. The Morgan fingerprint density at radius 3 is 2.85 bits per heavy atom. The molecule has 7 nitrogen and oxygen atoms in total. The van der Waals surface area contributed by atoms with E-state index in [0.29, 0.717) is 10.7 Å². The highest BCUT2D eigenvalue weighted by atomic mass is 32.2. The van der Waals surface area contributed by atoms with Gasteiger partial charge < -0.3 is 5.32 Å². The molecule has 1 saturated heterocycles. The molecule has 1 aliphatic heterocycles. The summed E-state index contributed by atoms with van der Waals surface area (Å²) in [7, 11) is 0. The molecular weight excluding hydrogens is 352 g/mol. The molecule has 1 amide bonds. The van der Waals surface area contributed by atoms with Crippen LogP contribution in [-0.2, 0) is 11.2 Å². The first-order valence-electron chi connectivity index (χ1n) is 7.90. The summed E-state index contributed by atoms with van der Waals surface area (Å²) >= 11 is 1.23. The smallest absolute Gasteiger partial charge is 0.272 e. The van der Waals surface area contributed by atoms with Gasteiger partial charge in [0.05, 0.1) is 16.4 Å². The molecule has 2 aromatic carbocycles. The van der Waals surface area contributed by atoms with E-state index in [2.05, 4.69) is 15.5 Å². The SMILES string of the molecule is Cc1cccc(/C=N\N=C2/NC(=O)[C@H](Cc3ccccc3[N+](=O)[O-])S2)c1. The van der Waals surface area contributed by atoms with Crippen molar-refractivity contribution in [1.82, 2.24) is 5.32 Å². The van der Waals surface area contributed by atoms with Crippen LogP contribution in [0.5, 0.6) is 0 Å². The van der Waals surface area contributed by atoms with E-state index in [-0.39, 0.29) is 18.0 Å². The zero-order valence-electron chi connectivity index (χ0n) is 14.0. The number of amidine groups is 1. The third kappa shape index (κ3) is 4.34. The Hall–Kier alpha value is -3.00. The predicted molar refractivity (Wildman–Crippen MR) is 103 cm³/mol. The van der Waals surface area contributed by atoms with Crippen molar-refractivity contribution in [1.29, 1.82) is 0 Å². The number of aryl methyl sites for hydroxylation is 1. The molecule has 1 fully saturated rings. The van der Waals surface area contributed by atoms with E-state index in [0.717, 1.165) is 11.1 Å². The maximum atomic E-state index is 12.1. The van der Waals surface area contributed by atoms with Gasteiger partial charge in [0.1, 0.15) is 0 Å². The van der Waals surface area contributed by atoms with Crippen molar-refractivity contribution < 1.29 is 9.72 Å². The van der Waals surface area contributed by atoms with E-state index < -0.39 is 10.2 Å². The first kappa shape index (κ1) is 17.8. The standard InChI is InChI=1S/C18H16N4O3S/c1-12-5-4-6-13(9-12)11-19-21-18-20-17(23)16(26-18)10-14-7-2-3-8-15(14)22(24)25/h2-9,11,16H,10H2,1H3,(H,20,21,23)/b19-11-/t16-/m0/s1. The molecule has 2 aromatic rings. The number of rotatable bonds is 5. The summed E-state index contributed by atoms with van der Waals surface area (Å²) < 4.78 is 0. The fraction of sp³-hybridized carbons (Fsp3) is 0.167. The second kappa shape index (κ2) is 7.92. The van der Waals surface area contributed by atoms with E-state index in [4.69, 9.17) is 0 Å². The topological polar surface area (TPSA) is 97.0 Å². The molecule has 8 heteroatoms. The van der Waals surface area contributed by atoms with Crippen molar-refractivity contribution in [2.75, 3.05) is 0 Å². The molecule has 0 radical (unpaired) electrons. The minimum absolute atomic E-state index is 0.0174. The molecule has 1 heterocycles. The Morgan fingerprint density at radius 2 is 2.08 bits per heavy atom. The van der Waals surface area contributed by atoms with Crippen LogP contribution in [0.25, 0.3) is 0 Å². The van der Waals surface area contributed by atoms with E-state index in [9.17, 15) is 14.9 Å². The Balaban J connectivity index is 1.68. The minimum atomic E-state index is -0.469. The third-order valence-electron chi connectivity index (χ3n) is 3.77. The maximum Gasteiger partial charge on any atom is 0.272 e. The summed E-state index contributed by atoms with van der Waals surface area (Å²) in [6, 6.07) is 14.2. The van der Waals surface area contributed by atoms with Gasteiger partial charge in [-0.3, -0.25) is 14.9 Å². The molecule has 0 saturated carbocycles. The monoisotopic (exact) mass is 368 g/mol. The van der Waals surface area contributed by atoms with Crippen molar-refractivity contribution in [3.05, 3.63) is 75.3 Å². The van der Waals surface area contributed by atoms with Gasteiger partial charge in [-0.05, 0) is 12.5 Å². The van der Waals surface area contributed by atoms with E-state index >= 15 is 0 Å². The normalized spacial score (nSPS) is 18.4. The highest BCUT2D eigenvalue weighted by Gasteiger charge is 2.32. The van der Waals surface area contributed by atoms with Crippen LogP contribution in [0.4, 0.5) is 5.69 Å². The fourth-order valence-electron chi connectivity index (χ4n) is 2.55. The minimum Gasteiger partial charge on any atom is -0.303 e. The molecule has 1 atom stereocenters. The number of nitro benzene ring substituents is 1. The van der Waals surface area contributed by atoms with Gasteiger partial charge in [0.15, 0.2) is 5.17 Å². The predicted octanol–water partition coefficient (Wildman–Crippen LogP) is 3.07. The van der Waals surface area contributed by atoms with Gasteiger partial charge in [-0.15, -0.1) is 5.10 Å². The van der Waals surface area contributed by atoms with Crippen LogP contribution < -0.4 is 5.32 Å². The molecule has 0 spiro atoms. The van der Waals surface area contributed by atoms with Gasteiger partial charge in [-0.1, -0.05) is 59.8 Å². The average Bonchev–Trinajstić information content (AvgIpc) is 2.95. The van der Waals surface area contributed by atoms with Gasteiger partial charge in [-0.25, -0.2) is 0 Å². The van der Waals surface area contributed by atoms with Crippen LogP contribution in [0.3, 0.4) is 0 Å². The fourth-order valence-corrected chi connectivity index (χ4v) is 3.50. The van der Waals surface area contributed by atoms with Gasteiger partial charge >= 0.3 is 0 Å². The summed E-state index contributed by atoms with van der Waals surface area (Å²) in [5.74, 6) is -0.224. The van der Waals surface area contributed by atoms with E-state index in [1.807, 2.05) is 31.2 Å². The van der Waals surface area contributed by atoms with Crippen LogP contribution in [0.1, 0.15) is 16.7 Å². The van der Waals surface area contributed by atoms with Crippen molar-refractivity contribution >= 4 is 34.7 Å². The molecule has 0 bridgehead atoms. The van der Waals surface area contributed by atoms with Gasteiger partial charge in [0, 0.05) is 18.1 Å². The largest absolute Gasteiger partial charge is 0.303 e. The zero-order valence-corrected chi connectivity index (χ0v) is 14.8. The second-order valence-electron chi connectivity index (χ2n) is 5.75. The van der Waals surface area contributed by atoms with Crippen molar-refractivity contribution in [3.63, 3.8) is 0 Å². The van der Waals surface area contributed by atoms with Crippen molar-refractivity contribution in [2.24, 2.45) is 10.2 Å². The number of carbonyl (C=O) groups excluding carboxylic acids is 1. The Bertz CT molecular complexity index is 911. The number of amides is 1. The summed E-state index contributed by atoms with van der Waals surface area (Å²) in [5.41, 5.74) is 2.58. The summed E-state index contributed by atoms with van der Waals surface area (Å²) in [6.07, 6.45) is 1.87. The number of thioether (sulfide) groups is 1. The number of nitrogens with one attached hydrogen (secondary N) is 1. The molecule has 1 N–H and O–H groups in total. The number of hydrogen-bond acceptors (Lipinski definition) is 6. The van der Waals surface area contributed by atoms with E-state index in [1.165, 1.54) is 17.8 Å². The zero-order chi connectivity index (χ0) is 18.5. The Morgan fingerprint density at radius 1 is 1.27 bits per heavy atom. The number of nitro groups is 1. The van der Waals surface area contributed by atoms with Crippen molar-refractivity contribution in [3.8, 4) is 0 Å². The van der Waals surface area contributed by atoms with Gasteiger partial charge in [-0.2, -0.15) is 5.10 Å². The number of benzene rings is 2. The lowest BCUT2D eigenvalue weighted by atomic mass is 10.1. The van der Waals surface area contributed by atoms with Gasteiger partial charge in [0.2, 0.25) is 5.91 Å². The van der Waals surface area contributed by atoms with Crippen LogP contribution >= 0.6 is 11.8 Å². The molecule has 0 unspecified atom stereocenters. The molecule has 0 aromatic heterocycles. The lowest BCUT2D eigenvalue weighted by Gasteiger charge is -2.05. The summed E-state index contributed by atoms with van der Waals surface area (Å²) in [4.78, 5) is 22.8. The molecular formula is C18H16N4O3S. The van der Waals surface area contributed by atoms with Gasteiger partial charge in [0.25, 0.3) is 5.69 Å². The Kier molecular flexibility index (Phi) is 5.43. The average molecular weight is 368 g/mol.